The van der Waals surface area contributed by atoms with Gasteiger partial charge in [-0.1, -0.05) is 36.3 Å². The normalized spacial score (nSPS) is 11.6. The van der Waals surface area contributed by atoms with Crippen LogP contribution in [-0.2, 0) is 31.8 Å². The number of carbonyl (C=O) groups is 1. The summed E-state index contributed by atoms with van der Waals surface area (Å²) in [6, 6.07) is 6.36. The van der Waals surface area contributed by atoms with Crippen molar-refractivity contribution in [2.24, 2.45) is 0 Å². The molecule has 0 bridgehead atoms. The number of carbonyl (C=O) groups excluding carboxylic acids is 1. The molecule has 0 fully saturated rings. The molecule has 1 aromatic heterocycles. The summed E-state index contributed by atoms with van der Waals surface area (Å²) in [6.07, 6.45) is -3.99. The minimum absolute atomic E-state index is 0.146. The lowest BCUT2D eigenvalue weighted by Gasteiger charge is -2.22. The molecule has 0 aliphatic carbocycles. The monoisotopic (exact) mass is 417 g/mol. The van der Waals surface area contributed by atoms with E-state index in [1.165, 1.54) is 24.3 Å². The van der Waals surface area contributed by atoms with E-state index in [1.54, 1.807) is 12.1 Å². The summed E-state index contributed by atoms with van der Waals surface area (Å²) in [5.74, 6) is -1.94. The first-order chi connectivity index (χ1) is 13.8. The molecule has 0 saturated heterocycles. The molecule has 0 aliphatic rings. The van der Waals surface area contributed by atoms with Crippen molar-refractivity contribution >= 4 is 5.91 Å². The molecule has 0 radical (unpaired) electrons. The third kappa shape index (κ3) is 7.11. The van der Waals surface area contributed by atoms with Gasteiger partial charge in [0.05, 0.1) is 26.4 Å². The highest BCUT2D eigenvalue weighted by Crippen LogP contribution is 2.29. The lowest BCUT2D eigenvalue weighted by molar-refractivity contribution is -0.194. The van der Waals surface area contributed by atoms with Crippen LogP contribution in [0.2, 0.25) is 0 Å². The van der Waals surface area contributed by atoms with E-state index in [9.17, 15) is 18.0 Å². The van der Waals surface area contributed by atoms with Crippen LogP contribution in [0.1, 0.15) is 24.8 Å². The van der Waals surface area contributed by atoms with Gasteiger partial charge in [0.1, 0.15) is 6.61 Å². The van der Waals surface area contributed by atoms with E-state index in [4.69, 9.17) is 14.3 Å². The third-order valence-corrected chi connectivity index (χ3v) is 3.59. The maximum absolute atomic E-state index is 12.6. The minimum Gasteiger partial charge on any atom is -0.382 e. The Bertz CT molecular complexity index is 765. The molecule has 1 amide bonds. The summed E-state index contributed by atoms with van der Waals surface area (Å²) in [5, 5.41) is 4.53. The van der Waals surface area contributed by atoms with Gasteiger partial charge in [0, 0.05) is 12.7 Å². The largest absolute Gasteiger partial charge is 0.471 e. The van der Waals surface area contributed by atoms with Crippen LogP contribution in [0.15, 0.2) is 28.8 Å². The molecule has 160 valence electrons. The second kappa shape index (κ2) is 10.9. The van der Waals surface area contributed by atoms with Gasteiger partial charge in [-0.3, -0.25) is 9.63 Å². The number of amides is 1. The second-order valence-corrected chi connectivity index (χ2v) is 5.93. The summed E-state index contributed by atoms with van der Waals surface area (Å²) in [4.78, 5) is 21.1. The Morgan fingerprint density at radius 2 is 1.90 bits per heavy atom. The standard InChI is InChI=1S/C18H22F3N3O5/c1-3-8-28-24(15(25)12-27-10-9-26-2)11-13-4-6-14(7-5-13)16-22-17(29-23-16)18(19,20)21/h4-7H,3,8-12H2,1-2H3. The quantitative estimate of drug-likeness (QED) is 0.410. The van der Waals surface area contributed by atoms with Gasteiger partial charge >= 0.3 is 12.1 Å². The van der Waals surface area contributed by atoms with Crippen LogP contribution in [0.3, 0.4) is 0 Å². The number of methoxy groups -OCH3 is 1. The molecule has 8 nitrogen and oxygen atoms in total. The van der Waals surface area contributed by atoms with Crippen molar-refractivity contribution in [3.8, 4) is 11.4 Å². The van der Waals surface area contributed by atoms with E-state index in [-0.39, 0.29) is 31.5 Å². The molecule has 0 saturated carbocycles. The molecule has 0 spiro atoms. The summed E-state index contributed by atoms with van der Waals surface area (Å²) in [6.45, 7) is 2.90. The van der Waals surface area contributed by atoms with Crippen LogP contribution in [0, 0.1) is 0 Å². The van der Waals surface area contributed by atoms with Gasteiger partial charge in [0.15, 0.2) is 0 Å². The van der Waals surface area contributed by atoms with Crippen molar-refractivity contribution in [3.05, 3.63) is 35.7 Å². The first-order valence-electron chi connectivity index (χ1n) is 8.85. The van der Waals surface area contributed by atoms with Crippen LogP contribution < -0.4 is 0 Å². The zero-order valence-electron chi connectivity index (χ0n) is 16.1. The van der Waals surface area contributed by atoms with Gasteiger partial charge < -0.3 is 14.0 Å². The maximum atomic E-state index is 12.6. The van der Waals surface area contributed by atoms with E-state index in [0.717, 1.165) is 0 Å². The van der Waals surface area contributed by atoms with Gasteiger partial charge in [-0.15, -0.1) is 0 Å². The smallest absolute Gasteiger partial charge is 0.382 e. The Morgan fingerprint density at radius 1 is 1.17 bits per heavy atom. The Labute approximate surface area is 165 Å². The van der Waals surface area contributed by atoms with Crippen molar-refractivity contribution in [3.63, 3.8) is 0 Å². The number of hydrogen-bond acceptors (Lipinski definition) is 7. The number of aromatic nitrogens is 2. The van der Waals surface area contributed by atoms with E-state index in [1.807, 2.05) is 6.92 Å². The van der Waals surface area contributed by atoms with Crippen LogP contribution >= 0.6 is 0 Å². The molecular formula is C18H22F3N3O5. The molecule has 1 aromatic carbocycles. The number of alkyl halides is 3. The first kappa shape index (κ1) is 22.8. The Balaban J connectivity index is 2.02. The SMILES string of the molecule is CCCON(Cc1ccc(-c2noc(C(F)(F)F)n2)cc1)C(=O)COCCOC. The lowest BCUT2D eigenvalue weighted by atomic mass is 10.1. The molecule has 1 heterocycles. The van der Waals surface area contributed by atoms with Gasteiger partial charge in [0.25, 0.3) is 5.91 Å². The lowest BCUT2D eigenvalue weighted by Crippen LogP contribution is -2.34. The number of hydroxylamine groups is 2. The van der Waals surface area contributed by atoms with Crippen molar-refractivity contribution in [2.45, 2.75) is 26.1 Å². The fourth-order valence-corrected chi connectivity index (χ4v) is 2.16. The minimum atomic E-state index is -4.70. The van der Waals surface area contributed by atoms with Crippen molar-refractivity contribution in [1.82, 2.24) is 15.2 Å². The zero-order chi connectivity index (χ0) is 21.3. The van der Waals surface area contributed by atoms with Crippen molar-refractivity contribution in [2.75, 3.05) is 33.5 Å². The topological polar surface area (TPSA) is 86.9 Å². The molecule has 0 aliphatic heterocycles. The van der Waals surface area contributed by atoms with Gasteiger partial charge in [-0.05, 0) is 12.0 Å². The first-order valence-corrected chi connectivity index (χ1v) is 8.85. The predicted octanol–water partition coefficient (Wildman–Crippen LogP) is 3.09. The average Bonchev–Trinajstić information content (AvgIpc) is 3.19. The number of hydrogen-bond donors (Lipinski definition) is 0. The Kier molecular flexibility index (Phi) is 8.55. The Morgan fingerprint density at radius 3 is 2.48 bits per heavy atom. The number of rotatable bonds is 11. The summed E-state index contributed by atoms with van der Waals surface area (Å²) in [5.41, 5.74) is 1.05. The second-order valence-electron chi connectivity index (χ2n) is 5.93. The molecule has 0 unspecified atom stereocenters. The highest BCUT2D eigenvalue weighted by atomic mass is 19.4. The molecule has 0 N–H and O–H groups in total. The third-order valence-electron chi connectivity index (χ3n) is 3.59. The van der Waals surface area contributed by atoms with Gasteiger partial charge in [-0.25, -0.2) is 5.06 Å². The summed E-state index contributed by atoms with van der Waals surface area (Å²) >= 11 is 0. The van der Waals surface area contributed by atoms with Crippen LogP contribution in [0.5, 0.6) is 0 Å². The molecule has 2 rings (SSSR count). The van der Waals surface area contributed by atoms with E-state index >= 15 is 0 Å². The molecule has 29 heavy (non-hydrogen) atoms. The predicted molar refractivity (Wildman–Crippen MR) is 94.2 cm³/mol. The molecule has 11 heteroatoms. The fourth-order valence-electron chi connectivity index (χ4n) is 2.16. The average molecular weight is 417 g/mol. The number of benzene rings is 1. The molecule has 2 aromatic rings. The van der Waals surface area contributed by atoms with Crippen LogP contribution in [0.25, 0.3) is 11.4 Å². The molecule has 0 atom stereocenters. The van der Waals surface area contributed by atoms with E-state index < -0.39 is 12.1 Å². The fraction of sp³-hybridized carbons (Fsp3) is 0.500. The zero-order valence-corrected chi connectivity index (χ0v) is 16.1. The molecular weight excluding hydrogens is 395 g/mol. The number of halogens is 3. The summed E-state index contributed by atoms with van der Waals surface area (Å²) < 4.78 is 52.0. The van der Waals surface area contributed by atoms with Gasteiger partial charge in [0.2, 0.25) is 5.82 Å². The van der Waals surface area contributed by atoms with E-state index in [0.29, 0.717) is 30.8 Å². The van der Waals surface area contributed by atoms with Crippen molar-refractivity contribution in [1.29, 1.82) is 0 Å². The van der Waals surface area contributed by atoms with E-state index in [2.05, 4.69) is 14.7 Å². The highest BCUT2D eigenvalue weighted by molar-refractivity contribution is 5.76. The van der Waals surface area contributed by atoms with Gasteiger partial charge in [-0.2, -0.15) is 18.2 Å². The van der Waals surface area contributed by atoms with Crippen molar-refractivity contribution < 1.29 is 36.8 Å². The van der Waals surface area contributed by atoms with Crippen LogP contribution in [0.4, 0.5) is 13.2 Å². The maximum Gasteiger partial charge on any atom is 0.471 e. The van der Waals surface area contributed by atoms with Crippen LogP contribution in [-0.4, -0.2) is 54.6 Å². The summed E-state index contributed by atoms with van der Waals surface area (Å²) in [7, 11) is 1.53. The number of ether oxygens (including phenoxy) is 2. The highest BCUT2D eigenvalue weighted by Gasteiger charge is 2.38. The number of nitrogens with zero attached hydrogens (tertiary/aromatic N) is 3. The Hall–Kier alpha value is -2.50.